The van der Waals surface area contributed by atoms with Gasteiger partial charge >= 0.3 is 0 Å². The maximum atomic E-state index is 11.6. The number of sulfonamides is 1. The second-order valence-electron chi connectivity index (χ2n) is 2.34. The van der Waals surface area contributed by atoms with Gasteiger partial charge < -0.3 is 0 Å². The summed E-state index contributed by atoms with van der Waals surface area (Å²) in [4.78, 5) is 3.97. The third kappa shape index (κ3) is 2.43. The van der Waals surface area contributed by atoms with Gasteiger partial charge in [0, 0.05) is 11.6 Å². The number of nitrogens with one attached hydrogen (secondary N) is 1. The van der Waals surface area contributed by atoms with E-state index in [9.17, 15) is 8.42 Å². The van der Waals surface area contributed by atoms with Crippen LogP contribution in [0.25, 0.3) is 0 Å². The summed E-state index contributed by atoms with van der Waals surface area (Å²) in [5.41, 5.74) is 0. The number of allylic oxidation sites excluding steroid dienone is 2. The summed E-state index contributed by atoms with van der Waals surface area (Å²) in [6, 6.07) is 0. The van der Waals surface area contributed by atoms with Crippen LogP contribution in [-0.2, 0) is 10.0 Å². The molecule has 14 heavy (non-hydrogen) atoms. The van der Waals surface area contributed by atoms with Gasteiger partial charge in [0.1, 0.15) is 0 Å². The van der Waals surface area contributed by atoms with Gasteiger partial charge in [0.15, 0.2) is 5.13 Å². The smallest absolute Gasteiger partial charge is 0.255 e. The fraction of sp³-hybridized carbons (Fsp3) is 0.125. The normalized spacial score (nSPS) is 12.5. The Kier molecular flexibility index (Phi) is 3.43. The molecule has 1 rings (SSSR count). The Morgan fingerprint density at radius 1 is 1.71 bits per heavy atom. The molecule has 1 N–H and O–H groups in total. The molecule has 0 unspecified atom stereocenters. The molecule has 1 aromatic heterocycles. The van der Waals surface area contributed by atoms with Crippen LogP contribution in [0.15, 0.2) is 35.2 Å². The van der Waals surface area contributed by atoms with Crippen LogP contribution in [0, 0.1) is 0 Å². The summed E-state index contributed by atoms with van der Waals surface area (Å²) >= 11 is 1.23. The first-order valence-corrected chi connectivity index (χ1v) is 6.17. The van der Waals surface area contributed by atoms with Crippen LogP contribution >= 0.6 is 11.3 Å². The van der Waals surface area contributed by atoms with E-state index in [-0.39, 0.29) is 4.91 Å². The molecule has 0 bridgehead atoms. The first kappa shape index (κ1) is 10.9. The Morgan fingerprint density at radius 3 is 2.86 bits per heavy atom. The van der Waals surface area contributed by atoms with Crippen molar-refractivity contribution in [2.24, 2.45) is 0 Å². The molecule has 0 radical (unpaired) electrons. The molecule has 4 nitrogen and oxygen atoms in total. The summed E-state index contributed by atoms with van der Waals surface area (Å²) in [6.45, 7) is 5.06. The van der Waals surface area contributed by atoms with Gasteiger partial charge in [-0.1, -0.05) is 12.7 Å². The van der Waals surface area contributed by atoms with E-state index in [0.717, 1.165) is 0 Å². The number of hydrogen-bond donors (Lipinski definition) is 1. The van der Waals surface area contributed by atoms with E-state index in [0.29, 0.717) is 5.13 Å². The lowest BCUT2D eigenvalue weighted by atomic mass is 10.5. The Morgan fingerprint density at radius 2 is 2.43 bits per heavy atom. The predicted octanol–water partition coefficient (Wildman–Crippen LogP) is 1.97. The fourth-order valence-corrected chi connectivity index (χ4v) is 2.65. The molecule has 76 valence electrons. The molecule has 0 aliphatic carbocycles. The fourth-order valence-electron chi connectivity index (χ4n) is 0.830. The number of hydrogen-bond acceptors (Lipinski definition) is 4. The number of anilines is 1. The summed E-state index contributed by atoms with van der Waals surface area (Å²) < 4.78 is 25.5. The molecule has 0 saturated carbocycles. The molecule has 0 fully saturated rings. The van der Waals surface area contributed by atoms with Gasteiger partial charge in [-0.05, 0) is 13.0 Å². The summed E-state index contributed by atoms with van der Waals surface area (Å²) in [5.74, 6) is 0. The lowest BCUT2D eigenvalue weighted by Gasteiger charge is -2.04. The Balaban J connectivity index is 2.93. The van der Waals surface area contributed by atoms with Crippen molar-refractivity contribution in [2.75, 3.05) is 4.72 Å². The van der Waals surface area contributed by atoms with Crippen molar-refractivity contribution in [3.05, 3.63) is 35.2 Å². The standard InChI is InChI=1S/C8H10N2O2S2/c1-3-7(4-2)14(11,12)10-8-9-5-6-13-8/h3-6H,1H2,2H3,(H,9,10). The van der Waals surface area contributed by atoms with Crippen molar-refractivity contribution in [1.29, 1.82) is 0 Å². The van der Waals surface area contributed by atoms with Crippen molar-refractivity contribution < 1.29 is 8.42 Å². The van der Waals surface area contributed by atoms with Crippen LogP contribution in [0.5, 0.6) is 0 Å². The summed E-state index contributed by atoms with van der Waals surface area (Å²) in [6.07, 6.45) is 4.30. The lowest BCUT2D eigenvalue weighted by molar-refractivity contribution is 0.607. The van der Waals surface area contributed by atoms with Gasteiger partial charge in [0.05, 0.1) is 4.91 Å². The van der Waals surface area contributed by atoms with Gasteiger partial charge in [-0.3, -0.25) is 4.72 Å². The maximum Gasteiger partial charge on any atom is 0.263 e. The van der Waals surface area contributed by atoms with Gasteiger partial charge in [0.25, 0.3) is 10.0 Å². The first-order valence-electron chi connectivity index (χ1n) is 3.81. The van der Waals surface area contributed by atoms with Crippen molar-refractivity contribution >= 4 is 26.5 Å². The molecule has 0 saturated heterocycles. The quantitative estimate of drug-likeness (QED) is 0.804. The monoisotopic (exact) mass is 230 g/mol. The third-order valence-corrected chi connectivity index (χ3v) is 3.75. The van der Waals surface area contributed by atoms with Crippen molar-refractivity contribution in [2.45, 2.75) is 6.92 Å². The molecule has 0 spiro atoms. The highest BCUT2D eigenvalue weighted by Gasteiger charge is 2.14. The van der Waals surface area contributed by atoms with Crippen molar-refractivity contribution in [3.63, 3.8) is 0 Å². The van der Waals surface area contributed by atoms with Gasteiger partial charge in [-0.25, -0.2) is 13.4 Å². The van der Waals surface area contributed by atoms with Crippen LogP contribution < -0.4 is 4.72 Å². The molecule has 0 aromatic carbocycles. The van der Waals surface area contributed by atoms with E-state index in [1.165, 1.54) is 29.7 Å². The maximum absolute atomic E-state index is 11.6. The Labute approximate surface area is 87.0 Å². The zero-order chi connectivity index (χ0) is 10.6. The van der Waals surface area contributed by atoms with Gasteiger partial charge in [-0.15, -0.1) is 11.3 Å². The van der Waals surface area contributed by atoms with Gasteiger partial charge in [0.2, 0.25) is 0 Å². The van der Waals surface area contributed by atoms with E-state index in [4.69, 9.17) is 0 Å². The highest BCUT2D eigenvalue weighted by molar-refractivity contribution is 7.96. The molecule has 0 aliphatic rings. The molecule has 6 heteroatoms. The van der Waals surface area contributed by atoms with E-state index >= 15 is 0 Å². The Bertz CT molecular complexity index is 432. The first-order chi connectivity index (χ1) is 6.60. The van der Waals surface area contributed by atoms with Crippen molar-refractivity contribution in [3.8, 4) is 0 Å². The minimum atomic E-state index is -3.50. The minimum Gasteiger partial charge on any atom is -0.255 e. The van der Waals surface area contributed by atoms with Gasteiger partial charge in [-0.2, -0.15) is 0 Å². The number of rotatable bonds is 4. The van der Waals surface area contributed by atoms with Crippen LogP contribution in [-0.4, -0.2) is 13.4 Å². The second kappa shape index (κ2) is 4.39. The number of aromatic nitrogens is 1. The van der Waals surface area contributed by atoms with Crippen LogP contribution in [0.1, 0.15) is 6.92 Å². The molecule has 1 heterocycles. The molecular formula is C8H10N2O2S2. The minimum absolute atomic E-state index is 0.146. The molecule has 1 aromatic rings. The molecule has 0 aliphatic heterocycles. The zero-order valence-corrected chi connectivity index (χ0v) is 9.23. The molecular weight excluding hydrogens is 220 g/mol. The summed E-state index contributed by atoms with van der Waals surface area (Å²) in [5, 5.41) is 2.05. The van der Waals surface area contributed by atoms with Crippen molar-refractivity contribution in [1.82, 2.24) is 4.98 Å². The molecule has 0 amide bonds. The lowest BCUT2D eigenvalue weighted by Crippen LogP contribution is -2.13. The van der Waals surface area contributed by atoms with Crippen LogP contribution in [0.2, 0.25) is 0 Å². The van der Waals surface area contributed by atoms with Crippen LogP contribution in [0.4, 0.5) is 5.13 Å². The van der Waals surface area contributed by atoms with E-state index in [1.807, 2.05) is 0 Å². The highest BCUT2D eigenvalue weighted by Crippen LogP contribution is 2.16. The molecule has 0 atom stereocenters. The highest BCUT2D eigenvalue weighted by atomic mass is 32.2. The SMILES string of the molecule is C=CC(=CC)S(=O)(=O)Nc1nccs1. The predicted molar refractivity (Wildman–Crippen MR) is 58.6 cm³/mol. The summed E-state index contributed by atoms with van der Waals surface area (Å²) in [7, 11) is -3.50. The average molecular weight is 230 g/mol. The Hall–Kier alpha value is -1.14. The zero-order valence-electron chi connectivity index (χ0n) is 7.60. The van der Waals surface area contributed by atoms with Crippen LogP contribution in [0.3, 0.4) is 0 Å². The van der Waals surface area contributed by atoms with E-state index in [1.54, 1.807) is 12.3 Å². The number of thiazole rings is 1. The largest absolute Gasteiger partial charge is 0.263 e. The third-order valence-electron chi connectivity index (χ3n) is 1.45. The topological polar surface area (TPSA) is 59.1 Å². The average Bonchev–Trinajstić information content (AvgIpc) is 2.57. The van der Waals surface area contributed by atoms with E-state index < -0.39 is 10.0 Å². The van der Waals surface area contributed by atoms with E-state index in [2.05, 4.69) is 16.3 Å². The number of nitrogens with zero attached hydrogens (tertiary/aromatic N) is 1. The second-order valence-corrected chi connectivity index (χ2v) is 4.91.